The molecule has 18 heavy (non-hydrogen) atoms. The Balaban J connectivity index is 2.74. The molecule has 0 radical (unpaired) electrons. The lowest BCUT2D eigenvalue weighted by Gasteiger charge is -2.20. The summed E-state index contributed by atoms with van der Waals surface area (Å²) < 4.78 is 0. The number of nitrogens with one attached hydrogen (secondary N) is 1. The first-order chi connectivity index (χ1) is 8.58. The van der Waals surface area contributed by atoms with Crippen LogP contribution < -0.4 is 16.0 Å². The number of benzene rings is 1. The Morgan fingerprint density at radius 2 is 2.28 bits per heavy atom. The van der Waals surface area contributed by atoms with Gasteiger partial charge in [-0.3, -0.25) is 4.79 Å². The SMILES string of the molecule is CNC(=O)CCN(C)c1ccc(N)c(CC#N)c1. The minimum Gasteiger partial charge on any atom is -0.398 e. The van der Waals surface area contributed by atoms with E-state index in [-0.39, 0.29) is 5.91 Å². The number of amides is 1. The van der Waals surface area contributed by atoms with Crippen molar-refractivity contribution in [2.24, 2.45) is 0 Å². The van der Waals surface area contributed by atoms with Crippen molar-refractivity contribution in [3.8, 4) is 6.07 Å². The highest BCUT2D eigenvalue weighted by atomic mass is 16.1. The number of nitrogens with zero attached hydrogens (tertiary/aromatic N) is 2. The Hall–Kier alpha value is -2.22. The molecule has 0 fully saturated rings. The average molecular weight is 246 g/mol. The molecule has 1 aromatic rings. The highest BCUT2D eigenvalue weighted by Gasteiger charge is 2.06. The second-order valence-electron chi connectivity index (χ2n) is 4.06. The largest absolute Gasteiger partial charge is 0.398 e. The van der Waals surface area contributed by atoms with Gasteiger partial charge in [0.25, 0.3) is 0 Å². The van der Waals surface area contributed by atoms with E-state index in [0.29, 0.717) is 25.1 Å². The van der Waals surface area contributed by atoms with E-state index in [2.05, 4.69) is 11.4 Å². The fraction of sp³-hybridized carbons (Fsp3) is 0.385. The van der Waals surface area contributed by atoms with Gasteiger partial charge in [-0.2, -0.15) is 5.26 Å². The average Bonchev–Trinajstić information content (AvgIpc) is 2.38. The summed E-state index contributed by atoms with van der Waals surface area (Å²) in [7, 11) is 3.53. The zero-order chi connectivity index (χ0) is 13.5. The van der Waals surface area contributed by atoms with Crippen LogP contribution in [0.4, 0.5) is 11.4 Å². The van der Waals surface area contributed by atoms with Crippen LogP contribution >= 0.6 is 0 Å². The fourth-order valence-corrected chi connectivity index (χ4v) is 1.59. The van der Waals surface area contributed by atoms with Crippen molar-refractivity contribution in [2.75, 3.05) is 31.3 Å². The van der Waals surface area contributed by atoms with Gasteiger partial charge < -0.3 is 16.0 Å². The van der Waals surface area contributed by atoms with Gasteiger partial charge in [0.05, 0.1) is 12.5 Å². The molecule has 1 aromatic carbocycles. The van der Waals surface area contributed by atoms with Crippen LogP contribution in [-0.4, -0.2) is 26.5 Å². The Morgan fingerprint density at radius 3 is 2.89 bits per heavy atom. The minimum atomic E-state index is 0.00884. The summed E-state index contributed by atoms with van der Waals surface area (Å²) in [6.45, 7) is 0.621. The molecule has 0 atom stereocenters. The van der Waals surface area contributed by atoms with Gasteiger partial charge in [0.1, 0.15) is 0 Å². The van der Waals surface area contributed by atoms with E-state index in [1.54, 1.807) is 13.1 Å². The standard InChI is InChI=1S/C13H18N4O/c1-16-13(18)6-8-17(2)11-3-4-12(15)10(9-11)5-7-14/h3-4,9H,5-6,8,15H2,1-2H3,(H,16,18). The molecule has 0 aliphatic rings. The summed E-state index contributed by atoms with van der Waals surface area (Å²) in [6.07, 6.45) is 0.730. The molecule has 0 spiro atoms. The molecule has 0 aliphatic carbocycles. The van der Waals surface area contributed by atoms with Crippen molar-refractivity contribution in [3.05, 3.63) is 23.8 Å². The van der Waals surface area contributed by atoms with Crippen LogP contribution in [0.25, 0.3) is 0 Å². The van der Waals surface area contributed by atoms with Crippen LogP contribution in [0.15, 0.2) is 18.2 Å². The van der Waals surface area contributed by atoms with Gasteiger partial charge in [-0.1, -0.05) is 0 Å². The second-order valence-corrected chi connectivity index (χ2v) is 4.06. The van der Waals surface area contributed by atoms with Crippen molar-refractivity contribution in [2.45, 2.75) is 12.8 Å². The molecular formula is C13H18N4O. The van der Waals surface area contributed by atoms with Crippen LogP contribution in [0.1, 0.15) is 12.0 Å². The molecule has 0 saturated carbocycles. The maximum absolute atomic E-state index is 11.2. The molecule has 5 nitrogen and oxygen atoms in total. The monoisotopic (exact) mass is 246 g/mol. The smallest absolute Gasteiger partial charge is 0.221 e. The highest BCUT2D eigenvalue weighted by molar-refractivity contribution is 5.76. The van der Waals surface area contributed by atoms with E-state index in [9.17, 15) is 4.79 Å². The summed E-state index contributed by atoms with van der Waals surface area (Å²) in [6, 6.07) is 7.66. The number of anilines is 2. The maximum atomic E-state index is 11.2. The first-order valence-electron chi connectivity index (χ1n) is 5.75. The molecule has 1 rings (SSSR count). The molecule has 0 aromatic heterocycles. The van der Waals surface area contributed by atoms with E-state index in [0.717, 1.165) is 11.3 Å². The van der Waals surface area contributed by atoms with Gasteiger partial charge in [-0.15, -0.1) is 0 Å². The normalized spacial score (nSPS) is 9.61. The second kappa shape index (κ2) is 6.50. The lowest BCUT2D eigenvalue weighted by atomic mass is 10.1. The number of carbonyl (C=O) groups is 1. The van der Waals surface area contributed by atoms with Gasteiger partial charge in [0, 0.05) is 38.4 Å². The molecule has 5 heteroatoms. The van der Waals surface area contributed by atoms with E-state index >= 15 is 0 Å². The lowest BCUT2D eigenvalue weighted by molar-refractivity contribution is -0.120. The van der Waals surface area contributed by atoms with Crippen molar-refractivity contribution in [1.82, 2.24) is 5.32 Å². The zero-order valence-corrected chi connectivity index (χ0v) is 10.7. The number of nitrogen functional groups attached to an aromatic ring is 1. The van der Waals surface area contributed by atoms with Crippen LogP contribution in [0.2, 0.25) is 0 Å². The number of hydrogen-bond acceptors (Lipinski definition) is 4. The van der Waals surface area contributed by atoms with E-state index < -0.39 is 0 Å². The number of rotatable bonds is 5. The molecule has 0 bridgehead atoms. The third kappa shape index (κ3) is 3.67. The van der Waals surface area contributed by atoms with Gasteiger partial charge >= 0.3 is 0 Å². The predicted molar refractivity (Wildman–Crippen MR) is 72.1 cm³/mol. The number of carbonyl (C=O) groups excluding carboxylic acids is 1. The third-order valence-corrected chi connectivity index (χ3v) is 2.79. The molecule has 0 saturated heterocycles. The van der Waals surface area contributed by atoms with Crippen molar-refractivity contribution >= 4 is 17.3 Å². The van der Waals surface area contributed by atoms with Crippen molar-refractivity contribution in [3.63, 3.8) is 0 Å². The Labute approximate surface area is 107 Å². The Bertz CT molecular complexity index is 465. The summed E-state index contributed by atoms with van der Waals surface area (Å²) >= 11 is 0. The topological polar surface area (TPSA) is 82.2 Å². The number of nitriles is 1. The van der Waals surface area contributed by atoms with E-state index in [4.69, 9.17) is 11.0 Å². The van der Waals surface area contributed by atoms with Gasteiger partial charge in [-0.05, 0) is 23.8 Å². The van der Waals surface area contributed by atoms with E-state index in [1.165, 1.54) is 0 Å². The van der Waals surface area contributed by atoms with Gasteiger partial charge in [0.2, 0.25) is 5.91 Å². The van der Waals surface area contributed by atoms with Crippen LogP contribution in [-0.2, 0) is 11.2 Å². The quantitative estimate of drug-likeness (QED) is 0.756. The molecule has 0 unspecified atom stereocenters. The minimum absolute atomic E-state index is 0.00884. The fourth-order valence-electron chi connectivity index (χ4n) is 1.59. The lowest BCUT2D eigenvalue weighted by Crippen LogP contribution is -2.26. The first-order valence-corrected chi connectivity index (χ1v) is 5.75. The Kier molecular flexibility index (Phi) is 5.00. The summed E-state index contributed by atoms with van der Waals surface area (Å²) in [5, 5.41) is 11.3. The summed E-state index contributed by atoms with van der Waals surface area (Å²) in [4.78, 5) is 13.1. The summed E-state index contributed by atoms with van der Waals surface area (Å²) in [5.74, 6) is 0.00884. The van der Waals surface area contributed by atoms with E-state index in [1.807, 2.05) is 24.1 Å². The molecule has 3 N–H and O–H groups in total. The summed E-state index contributed by atoms with van der Waals surface area (Å²) in [5.41, 5.74) is 8.19. The van der Waals surface area contributed by atoms with Crippen LogP contribution in [0, 0.1) is 11.3 Å². The Morgan fingerprint density at radius 1 is 1.56 bits per heavy atom. The van der Waals surface area contributed by atoms with Crippen molar-refractivity contribution in [1.29, 1.82) is 5.26 Å². The molecule has 0 aliphatic heterocycles. The molecule has 1 amide bonds. The highest BCUT2D eigenvalue weighted by Crippen LogP contribution is 2.20. The molecule has 0 heterocycles. The number of nitrogens with two attached hydrogens (primary N) is 1. The third-order valence-electron chi connectivity index (χ3n) is 2.79. The predicted octanol–water partition coefficient (Wildman–Crippen LogP) is 0.907. The maximum Gasteiger partial charge on any atom is 0.221 e. The molecular weight excluding hydrogens is 228 g/mol. The van der Waals surface area contributed by atoms with Crippen molar-refractivity contribution < 1.29 is 4.79 Å². The number of hydrogen-bond donors (Lipinski definition) is 2. The van der Waals surface area contributed by atoms with Gasteiger partial charge in [-0.25, -0.2) is 0 Å². The zero-order valence-electron chi connectivity index (χ0n) is 10.7. The van der Waals surface area contributed by atoms with Gasteiger partial charge in [0.15, 0.2) is 0 Å². The first kappa shape index (κ1) is 13.8. The van der Waals surface area contributed by atoms with Crippen LogP contribution in [0.3, 0.4) is 0 Å². The van der Waals surface area contributed by atoms with Crippen LogP contribution in [0.5, 0.6) is 0 Å². The molecule has 96 valence electrons.